The van der Waals surface area contributed by atoms with Crippen LogP contribution in [0.3, 0.4) is 0 Å². The molecular formula is C12H14N4O5. The maximum atomic E-state index is 12.3. The summed E-state index contributed by atoms with van der Waals surface area (Å²) in [6.45, 7) is -0.104. The van der Waals surface area contributed by atoms with Gasteiger partial charge in [0.25, 0.3) is 0 Å². The molecule has 3 heterocycles. The van der Waals surface area contributed by atoms with Crippen molar-refractivity contribution in [3.8, 4) is 0 Å². The summed E-state index contributed by atoms with van der Waals surface area (Å²) < 4.78 is 1.22. The van der Waals surface area contributed by atoms with Crippen molar-refractivity contribution in [2.45, 2.75) is 37.9 Å². The molecule has 1 amide bonds. The SMILES string of the molecule is O=C(O)C1CC2CCC1N2C(=O)Cn1ccc([N+](=O)[O-])n1. The van der Waals surface area contributed by atoms with Gasteiger partial charge in [-0.25, -0.2) is 0 Å². The molecule has 1 N–H and O–H groups in total. The molecule has 0 saturated carbocycles. The van der Waals surface area contributed by atoms with E-state index in [0.29, 0.717) is 12.8 Å². The van der Waals surface area contributed by atoms with Crippen LogP contribution in [0.5, 0.6) is 0 Å². The zero-order valence-corrected chi connectivity index (χ0v) is 11.1. The Bertz CT molecular complexity index is 613. The summed E-state index contributed by atoms with van der Waals surface area (Å²) in [4.78, 5) is 35.1. The van der Waals surface area contributed by atoms with Crippen molar-refractivity contribution >= 4 is 17.7 Å². The number of aliphatic carboxylic acids is 1. The third-order valence-corrected chi connectivity index (χ3v) is 4.25. The standard InChI is InChI=1S/C12H14N4O5/c17-11(6-14-4-3-10(13-14)16(20)21)15-7-1-2-9(15)8(5-7)12(18)19/h3-4,7-9H,1-2,5-6H2,(H,18,19). The van der Waals surface area contributed by atoms with Gasteiger partial charge in [-0.2, -0.15) is 4.68 Å². The van der Waals surface area contributed by atoms with Gasteiger partial charge in [0.2, 0.25) is 5.91 Å². The quantitative estimate of drug-likeness (QED) is 0.628. The molecule has 112 valence electrons. The molecule has 3 atom stereocenters. The van der Waals surface area contributed by atoms with Gasteiger partial charge in [-0.3, -0.25) is 9.59 Å². The van der Waals surface area contributed by atoms with E-state index < -0.39 is 16.8 Å². The minimum absolute atomic E-state index is 0.0332. The van der Waals surface area contributed by atoms with Crippen LogP contribution in [-0.2, 0) is 16.1 Å². The van der Waals surface area contributed by atoms with Crippen molar-refractivity contribution in [1.29, 1.82) is 0 Å². The average molecular weight is 294 g/mol. The second-order valence-corrected chi connectivity index (χ2v) is 5.41. The van der Waals surface area contributed by atoms with Gasteiger partial charge in [-0.1, -0.05) is 0 Å². The van der Waals surface area contributed by atoms with Crippen LogP contribution in [0.2, 0.25) is 0 Å². The van der Waals surface area contributed by atoms with E-state index in [2.05, 4.69) is 5.10 Å². The molecule has 3 rings (SSSR count). The number of amides is 1. The molecule has 2 aliphatic heterocycles. The van der Waals surface area contributed by atoms with E-state index in [9.17, 15) is 19.7 Å². The molecule has 2 aliphatic rings. The van der Waals surface area contributed by atoms with Crippen LogP contribution in [0.4, 0.5) is 5.82 Å². The lowest BCUT2D eigenvalue weighted by atomic mass is 9.89. The minimum atomic E-state index is -0.866. The highest BCUT2D eigenvalue weighted by molar-refractivity contribution is 5.80. The molecular weight excluding hydrogens is 280 g/mol. The Morgan fingerprint density at radius 2 is 2.24 bits per heavy atom. The topological polar surface area (TPSA) is 119 Å². The number of fused-ring (bicyclic) bond motifs is 2. The second-order valence-electron chi connectivity index (χ2n) is 5.41. The Balaban J connectivity index is 1.71. The Morgan fingerprint density at radius 3 is 2.81 bits per heavy atom. The van der Waals surface area contributed by atoms with E-state index in [1.807, 2.05) is 0 Å². The fourth-order valence-corrected chi connectivity index (χ4v) is 3.40. The van der Waals surface area contributed by atoms with Gasteiger partial charge in [-0.05, 0) is 24.2 Å². The van der Waals surface area contributed by atoms with Gasteiger partial charge in [0, 0.05) is 12.1 Å². The van der Waals surface area contributed by atoms with E-state index in [1.165, 1.54) is 16.9 Å². The van der Waals surface area contributed by atoms with Gasteiger partial charge >= 0.3 is 11.8 Å². The number of carboxylic acids is 1. The molecule has 9 nitrogen and oxygen atoms in total. The number of rotatable bonds is 4. The summed E-state index contributed by atoms with van der Waals surface area (Å²) in [5.41, 5.74) is 0. The predicted octanol–water partition coefficient (Wildman–Crippen LogP) is 0.255. The Kier molecular flexibility index (Phi) is 3.11. The summed E-state index contributed by atoms with van der Waals surface area (Å²) in [5, 5.41) is 23.4. The maximum absolute atomic E-state index is 12.3. The van der Waals surface area contributed by atoms with Gasteiger partial charge in [0.05, 0.1) is 23.3 Å². The number of carbonyl (C=O) groups is 2. The van der Waals surface area contributed by atoms with Gasteiger partial charge < -0.3 is 20.1 Å². The Morgan fingerprint density at radius 1 is 1.48 bits per heavy atom. The number of nitro groups is 1. The maximum Gasteiger partial charge on any atom is 0.389 e. The first-order valence-corrected chi connectivity index (χ1v) is 6.69. The molecule has 0 radical (unpaired) electrons. The van der Waals surface area contributed by atoms with Crippen LogP contribution in [0, 0.1) is 16.0 Å². The Hall–Kier alpha value is -2.45. The smallest absolute Gasteiger partial charge is 0.389 e. The molecule has 2 bridgehead atoms. The number of aromatic nitrogens is 2. The molecule has 21 heavy (non-hydrogen) atoms. The van der Waals surface area contributed by atoms with Crippen molar-refractivity contribution in [1.82, 2.24) is 14.7 Å². The fourth-order valence-electron chi connectivity index (χ4n) is 3.40. The first-order chi connectivity index (χ1) is 9.97. The van der Waals surface area contributed by atoms with Crippen LogP contribution in [-0.4, -0.2) is 48.7 Å². The summed E-state index contributed by atoms with van der Waals surface area (Å²) >= 11 is 0. The summed E-state index contributed by atoms with van der Waals surface area (Å²) in [6.07, 6.45) is 3.39. The summed E-state index contributed by atoms with van der Waals surface area (Å²) in [5.74, 6) is -1.91. The van der Waals surface area contributed by atoms with Crippen molar-refractivity contribution in [3.63, 3.8) is 0 Å². The van der Waals surface area contributed by atoms with E-state index in [0.717, 1.165) is 6.42 Å². The average Bonchev–Trinajstić information content (AvgIpc) is 3.11. The zero-order chi connectivity index (χ0) is 15.1. The monoisotopic (exact) mass is 294 g/mol. The fraction of sp³-hybridized carbons (Fsp3) is 0.583. The number of hydrogen-bond acceptors (Lipinski definition) is 5. The molecule has 1 aromatic rings. The lowest BCUT2D eigenvalue weighted by Crippen LogP contribution is -2.39. The first-order valence-electron chi connectivity index (χ1n) is 6.69. The van der Waals surface area contributed by atoms with Crippen LogP contribution in [0.25, 0.3) is 0 Å². The molecule has 0 aromatic carbocycles. The van der Waals surface area contributed by atoms with Crippen molar-refractivity contribution in [2.24, 2.45) is 5.92 Å². The number of hydrogen-bond donors (Lipinski definition) is 1. The molecule has 0 aliphatic carbocycles. The normalized spacial score (nSPS) is 27.0. The van der Waals surface area contributed by atoms with Gasteiger partial charge in [-0.15, -0.1) is 0 Å². The van der Waals surface area contributed by atoms with Crippen LogP contribution >= 0.6 is 0 Å². The highest BCUT2D eigenvalue weighted by Crippen LogP contribution is 2.41. The van der Waals surface area contributed by atoms with E-state index in [-0.39, 0.29) is 30.4 Å². The third kappa shape index (κ3) is 2.24. The van der Waals surface area contributed by atoms with Crippen LogP contribution < -0.4 is 0 Å². The summed E-state index contributed by atoms with van der Waals surface area (Å²) in [7, 11) is 0. The van der Waals surface area contributed by atoms with E-state index >= 15 is 0 Å². The lowest BCUT2D eigenvalue weighted by molar-refractivity contribution is -0.389. The molecule has 2 saturated heterocycles. The molecule has 2 fully saturated rings. The van der Waals surface area contributed by atoms with Crippen molar-refractivity contribution < 1.29 is 19.6 Å². The van der Waals surface area contributed by atoms with E-state index in [1.54, 1.807) is 4.90 Å². The van der Waals surface area contributed by atoms with Crippen molar-refractivity contribution in [2.75, 3.05) is 0 Å². The largest absolute Gasteiger partial charge is 0.481 e. The number of carbonyl (C=O) groups excluding carboxylic acids is 1. The molecule has 0 spiro atoms. The zero-order valence-electron chi connectivity index (χ0n) is 11.1. The minimum Gasteiger partial charge on any atom is -0.481 e. The number of carboxylic acid groups (broad SMARTS) is 1. The van der Waals surface area contributed by atoms with Gasteiger partial charge in [0.1, 0.15) is 6.54 Å². The number of nitrogens with zero attached hydrogens (tertiary/aromatic N) is 4. The van der Waals surface area contributed by atoms with Crippen molar-refractivity contribution in [3.05, 3.63) is 22.4 Å². The highest BCUT2D eigenvalue weighted by atomic mass is 16.6. The molecule has 9 heteroatoms. The molecule has 1 aromatic heterocycles. The third-order valence-electron chi connectivity index (χ3n) is 4.25. The second kappa shape index (κ2) is 4.83. The van der Waals surface area contributed by atoms with Crippen LogP contribution in [0.15, 0.2) is 12.3 Å². The van der Waals surface area contributed by atoms with Gasteiger partial charge in [0.15, 0.2) is 0 Å². The predicted molar refractivity (Wildman–Crippen MR) is 68.3 cm³/mol. The highest BCUT2D eigenvalue weighted by Gasteiger charge is 2.51. The molecule has 3 unspecified atom stereocenters. The van der Waals surface area contributed by atoms with E-state index in [4.69, 9.17) is 5.11 Å². The first kappa shape index (κ1) is 13.5. The summed E-state index contributed by atoms with van der Waals surface area (Å²) in [6, 6.07) is 0.936. The van der Waals surface area contributed by atoms with Crippen LogP contribution in [0.1, 0.15) is 19.3 Å². The Labute approximate surface area is 119 Å². The lowest BCUT2D eigenvalue weighted by Gasteiger charge is -2.22.